The molecule has 0 aromatic heterocycles. The molecular formula is C26H27NO4. The maximum atomic E-state index is 12.9. The molecule has 4 rings (SSSR count). The standard InChI is InChI=1S/C26H27NO4/c1-29-22-11-6-5-10-21(22)26(20-8-3-2-4-9-20)27-25(28)15-13-19-12-14-23-24(18-19)31-17-7-16-30-23/h2-6,8-12,14,18,26H,7,13,15-17H2,1H3,(H,27,28). The second-order valence-corrected chi connectivity index (χ2v) is 7.48. The molecule has 1 amide bonds. The lowest BCUT2D eigenvalue weighted by atomic mass is 9.97. The molecule has 0 radical (unpaired) electrons. The number of hydrogen-bond donors (Lipinski definition) is 1. The Labute approximate surface area is 183 Å². The summed E-state index contributed by atoms with van der Waals surface area (Å²) in [6, 6.07) is 23.3. The van der Waals surface area contributed by atoms with Crippen molar-refractivity contribution in [2.75, 3.05) is 20.3 Å². The smallest absolute Gasteiger partial charge is 0.221 e. The molecule has 1 heterocycles. The largest absolute Gasteiger partial charge is 0.496 e. The quantitative estimate of drug-likeness (QED) is 0.606. The van der Waals surface area contributed by atoms with Crippen LogP contribution >= 0.6 is 0 Å². The zero-order valence-electron chi connectivity index (χ0n) is 17.7. The number of fused-ring (bicyclic) bond motifs is 1. The Morgan fingerprint density at radius 2 is 1.71 bits per heavy atom. The molecule has 1 aliphatic heterocycles. The molecule has 3 aromatic rings. The molecule has 5 heteroatoms. The predicted molar refractivity (Wildman–Crippen MR) is 120 cm³/mol. The number of hydrogen-bond acceptors (Lipinski definition) is 4. The number of aryl methyl sites for hydroxylation is 1. The first-order valence-corrected chi connectivity index (χ1v) is 10.6. The van der Waals surface area contributed by atoms with Crippen molar-refractivity contribution in [3.05, 3.63) is 89.5 Å². The summed E-state index contributed by atoms with van der Waals surface area (Å²) in [5, 5.41) is 3.19. The van der Waals surface area contributed by atoms with Crippen molar-refractivity contribution >= 4 is 5.91 Å². The summed E-state index contributed by atoms with van der Waals surface area (Å²) in [4.78, 5) is 12.9. The van der Waals surface area contributed by atoms with Crippen molar-refractivity contribution in [3.8, 4) is 17.2 Å². The minimum atomic E-state index is -0.284. The van der Waals surface area contributed by atoms with Crippen LogP contribution in [0.3, 0.4) is 0 Å². The average Bonchev–Trinajstić information content (AvgIpc) is 3.07. The van der Waals surface area contributed by atoms with Gasteiger partial charge >= 0.3 is 0 Å². The second-order valence-electron chi connectivity index (χ2n) is 7.48. The lowest BCUT2D eigenvalue weighted by Crippen LogP contribution is -2.29. The monoisotopic (exact) mass is 417 g/mol. The van der Waals surface area contributed by atoms with Crippen molar-refractivity contribution in [3.63, 3.8) is 0 Å². The summed E-state index contributed by atoms with van der Waals surface area (Å²) in [6.45, 7) is 1.31. The molecule has 3 aromatic carbocycles. The first-order valence-electron chi connectivity index (χ1n) is 10.6. The second kappa shape index (κ2) is 10.0. The van der Waals surface area contributed by atoms with Crippen LogP contribution in [0.2, 0.25) is 0 Å². The highest BCUT2D eigenvalue weighted by molar-refractivity contribution is 5.77. The fourth-order valence-corrected chi connectivity index (χ4v) is 3.75. The van der Waals surface area contributed by atoms with Crippen molar-refractivity contribution in [2.24, 2.45) is 0 Å². The fourth-order valence-electron chi connectivity index (χ4n) is 3.75. The summed E-state index contributed by atoms with van der Waals surface area (Å²) in [6.07, 6.45) is 1.87. The number of methoxy groups -OCH3 is 1. The lowest BCUT2D eigenvalue weighted by molar-refractivity contribution is -0.121. The molecule has 1 unspecified atom stereocenters. The molecule has 0 aliphatic carbocycles. The summed E-state index contributed by atoms with van der Waals surface area (Å²) < 4.78 is 17.0. The molecule has 0 fully saturated rings. The Bertz CT molecular complexity index is 1020. The number of carbonyl (C=O) groups is 1. The van der Waals surface area contributed by atoms with Gasteiger partial charge in [0.15, 0.2) is 11.5 Å². The summed E-state index contributed by atoms with van der Waals surface area (Å²) >= 11 is 0. The van der Waals surface area contributed by atoms with Gasteiger partial charge in [0.2, 0.25) is 5.91 Å². The molecule has 1 N–H and O–H groups in total. The SMILES string of the molecule is COc1ccccc1C(NC(=O)CCc1ccc2c(c1)OCCCO2)c1ccccc1. The van der Waals surface area contributed by atoms with Gasteiger partial charge in [-0.3, -0.25) is 4.79 Å². The molecule has 160 valence electrons. The Kier molecular flexibility index (Phi) is 6.72. The normalized spacial score (nSPS) is 13.7. The third kappa shape index (κ3) is 5.18. The van der Waals surface area contributed by atoms with Crippen LogP contribution in [0.15, 0.2) is 72.8 Å². The fraction of sp³-hybridized carbons (Fsp3) is 0.269. The van der Waals surface area contributed by atoms with E-state index in [2.05, 4.69) is 5.32 Å². The van der Waals surface area contributed by atoms with E-state index < -0.39 is 0 Å². The van der Waals surface area contributed by atoms with Crippen LogP contribution in [-0.2, 0) is 11.2 Å². The van der Waals surface area contributed by atoms with Gasteiger partial charge in [0.1, 0.15) is 5.75 Å². The number of carbonyl (C=O) groups excluding carboxylic acids is 1. The van der Waals surface area contributed by atoms with Crippen LogP contribution in [0.4, 0.5) is 0 Å². The van der Waals surface area contributed by atoms with Gasteiger partial charge in [-0.05, 0) is 35.7 Å². The molecule has 0 saturated heterocycles. The molecule has 0 bridgehead atoms. The lowest BCUT2D eigenvalue weighted by Gasteiger charge is -2.22. The van der Waals surface area contributed by atoms with E-state index in [1.165, 1.54) is 0 Å². The van der Waals surface area contributed by atoms with Gasteiger partial charge in [-0.25, -0.2) is 0 Å². The molecule has 5 nitrogen and oxygen atoms in total. The van der Waals surface area contributed by atoms with Crippen LogP contribution in [-0.4, -0.2) is 26.2 Å². The van der Waals surface area contributed by atoms with E-state index in [9.17, 15) is 4.79 Å². The first kappa shape index (κ1) is 20.8. The summed E-state index contributed by atoms with van der Waals surface area (Å²) in [5.74, 6) is 2.25. The molecule has 1 aliphatic rings. The Hall–Kier alpha value is -3.47. The number of para-hydroxylation sites is 1. The van der Waals surface area contributed by atoms with E-state index in [0.29, 0.717) is 26.1 Å². The first-order chi connectivity index (χ1) is 15.2. The number of ether oxygens (including phenoxy) is 3. The maximum absolute atomic E-state index is 12.9. The van der Waals surface area contributed by atoms with E-state index in [1.54, 1.807) is 7.11 Å². The molecular weight excluding hydrogens is 390 g/mol. The van der Waals surface area contributed by atoms with Gasteiger partial charge in [0.25, 0.3) is 0 Å². The summed E-state index contributed by atoms with van der Waals surface area (Å²) in [5.41, 5.74) is 2.99. The molecule has 31 heavy (non-hydrogen) atoms. The highest BCUT2D eigenvalue weighted by Crippen LogP contribution is 2.32. The highest BCUT2D eigenvalue weighted by atomic mass is 16.5. The number of amides is 1. The zero-order chi connectivity index (χ0) is 21.5. The van der Waals surface area contributed by atoms with E-state index in [1.807, 2.05) is 72.8 Å². The van der Waals surface area contributed by atoms with E-state index >= 15 is 0 Å². The van der Waals surface area contributed by atoms with Crippen molar-refractivity contribution < 1.29 is 19.0 Å². The average molecular weight is 418 g/mol. The number of benzene rings is 3. The number of nitrogens with one attached hydrogen (secondary N) is 1. The van der Waals surface area contributed by atoms with Crippen LogP contribution in [0.5, 0.6) is 17.2 Å². The zero-order valence-corrected chi connectivity index (χ0v) is 17.7. The van der Waals surface area contributed by atoms with Crippen molar-refractivity contribution in [1.82, 2.24) is 5.32 Å². The van der Waals surface area contributed by atoms with Gasteiger partial charge in [0.05, 0.1) is 26.4 Å². The van der Waals surface area contributed by atoms with Crippen LogP contribution in [0, 0.1) is 0 Å². The molecule has 0 spiro atoms. The maximum Gasteiger partial charge on any atom is 0.221 e. The Morgan fingerprint density at radius 3 is 2.52 bits per heavy atom. The van der Waals surface area contributed by atoms with Crippen LogP contribution < -0.4 is 19.5 Å². The van der Waals surface area contributed by atoms with E-state index in [4.69, 9.17) is 14.2 Å². The van der Waals surface area contributed by atoms with Gasteiger partial charge < -0.3 is 19.5 Å². The van der Waals surface area contributed by atoms with Crippen LogP contribution in [0.25, 0.3) is 0 Å². The third-order valence-electron chi connectivity index (χ3n) is 5.34. The molecule has 0 saturated carbocycles. The van der Waals surface area contributed by atoms with Gasteiger partial charge in [-0.2, -0.15) is 0 Å². The molecule has 1 atom stereocenters. The Morgan fingerprint density at radius 1 is 0.968 bits per heavy atom. The van der Waals surface area contributed by atoms with E-state index in [-0.39, 0.29) is 11.9 Å². The van der Waals surface area contributed by atoms with Crippen molar-refractivity contribution in [1.29, 1.82) is 0 Å². The summed E-state index contributed by atoms with van der Waals surface area (Å²) in [7, 11) is 1.65. The van der Waals surface area contributed by atoms with Gasteiger partial charge in [0, 0.05) is 18.4 Å². The minimum Gasteiger partial charge on any atom is -0.496 e. The van der Waals surface area contributed by atoms with E-state index in [0.717, 1.165) is 40.4 Å². The van der Waals surface area contributed by atoms with Gasteiger partial charge in [-0.1, -0.05) is 54.6 Å². The third-order valence-corrected chi connectivity index (χ3v) is 5.34. The Balaban J connectivity index is 1.47. The minimum absolute atomic E-state index is 0.0214. The predicted octanol–water partition coefficient (Wildman–Crippen LogP) is 4.69. The highest BCUT2D eigenvalue weighted by Gasteiger charge is 2.20. The van der Waals surface area contributed by atoms with Gasteiger partial charge in [-0.15, -0.1) is 0 Å². The van der Waals surface area contributed by atoms with Crippen molar-refractivity contribution in [2.45, 2.75) is 25.3 Å². The van der Waals surface area contributed by atoms with Crippen LogP contribution in [0.1, 0.15) is 35.6 Å². The number of rotatable bonds is 7. The topological polar surface area (TPSA) is 56.8 Å².